The van der Waals surface area contributed by atoms with E-state index in [-0.39, 0.29) is 6.10 Å². The summed E-state index contributed by atoms with van der Waals surface area (Å²) in [7, 11) is 1.64. The third-order valence-electron chi connectivity index (χ3n) is 6.30. The molecule has 2 unspecified atom stereocenters. The van der Waals surface area contributed by atoms with Crippen molar-refractivity contribution in [2.75, 3.05) is 53.1 Å². The Morgan fingerprint density at radius 2 is 2.00 bits per heavy atom. The third kappa shape index (κ3) is 5.26. The van der Waals surface area contributed by atoms with Crippen molar-refractivity contribution in [1.29, 1.82) is 0 Å². The van der Waals surface area contributed by atoms with Crippen molar-refractivity contribution in [3.63, 3.8) is 0 Å². The van der Waals surface area contributed by atoms with Gasteiger partial charge in [0.05, 0.1) is 31.4 Å². The van der Waals surface area contributed by atoms with E-state index in [1.807, 2.05) is 36.4 Å². The summed E-state index contributed by atoms with van der Waals surface area (Å²) < 4.78 is 22.6. The van der Waals surface area contributed by atoms with Gasteiger partial charge in [0.2, 0.25) is 0 Å². The lowest BCUT2D eigenvalue weighted by atomic mass is 10.0. The molecule has 0 amide bonds. The minimum Gasteiger partial charge on any atom is -0.497 e. The summed E-state index contributed by atoms with van der Waals surface area (Å²) in [5.41, 5.74) is 2.86. The molecular weight excluding hydrogens is 434 g/mol. The zero-order valence-corrected chi connectivity index (χ0v) is 19.4. The minimum absolute atomic E-state index is 0.0624. The van der Waals surface area contributed by atoms with Gasteiger partial charge in [0.25, 0.3) is 0 Å². The molecule has 0 radical (unpaired) electrons. The Kier molecular flexibility index (Phi) is 7.10. The molecule has 2 aliphatic heterocycles. The fourth-order valence-corrected chi connectivity index (χ4v) is 4.55. The summed E-state index contributed by atoms with van der Waals surface area (Å²) in [4.78, 5) is 6.68. The van der Waals surface area contributed by atoms with Crippen LogP contribution in [0.25, 0.3) is 10.9 Å². The molecule has 34 heavy (non-hydrogen) atoms. The largest absolute Gasteiger partial charge is 0.497 e. The highest BCUT2D eigenvalue weighted by Crippen LogP contribution is 2.31. The van der Waals surface area contributed by atoms with E-state index in [0.29, 0.717) is 26.4 Å². The van der Waals surface area contributed by atoms with E-state index in [1.165, 1.54) is 0 Å². The summed E-state index contributed by atoms with van der Waals surface area (Å²) in [5.74, 6) is 2.37. The van der Waals surface area contributed by atoms with Crippen LogP contribution in [0.1, 0.15) is 17.2 Å². The molecule has 2 aliphatic rings. The normalized spacial score (nSPS) is 19.2. The monoisotopic (exact) mass is 465 g/mol. The molecule has 2 aromatic carbocycles. The van der Waals surface area contributed by atoms with Crippen molar-refractivity contribution >= 4 is 10.9 Å². The van der Waals surface area contributed by atoms with Gasteiger partial charge in [-0.2, -0.15) is 0 Å². The maximum absolute atomic E-state index is 11.1. The van der Waals surface area contributed by atoms with Gasteiger partial charge in [0.15, 0.2) is 11.5 Å². The zero-order valence-electron chi connectivity index (χ0n) is 19.4. The Morgan fingerprint density at radius 1 is 1.12 bits per heavy atom. The van der Waals surface area contributed by atoms with E-state index in [9.17, 15) is 5.11 Å². The molecule has 8 nitrogen and oxygen atoms in total. The van der Waals surface area contributed by atoms with Crippen molar-refractivity contribution in [1.82, 2.24) is 15.2 Å². The molecule has 8 heteroatoms. The van der Waals surface area contributed by atoms with Crippen LogP contribution >= 0.6 is 0 Å². The Labute approximate surface area is 199 Å². The van der Waals surface area contributed by atoms with Gasteiger partial charge in [0.1, 0.15) is 19.0 Å². The van der Waals surface area contributed by atoms with Crippen molar-refractivity contribution in [2.24, 2.45) is 0 Å². The van der Waals surface area contributed by atoms with Crippen LogP contribution in [0.5, 0.6) is 17.2 Å². The Morgan fingerprint density at radius 3 is 2.88 bits per heavy atom. The van der Waals surface area contributed by atoms with Gasteiger partial charge in [-0.3, -0.25) is 9.88 Å². The number of hydrogen-bond donors (Lipinski definition) is 2. The van der Waals surface area contributed by atoms with Crippen LogP contribution in [0.4, 0.5) is 0 Å². The molecule has 1 fully saturated rings. The zero-order chi connectivity index (χ0) is 23.3. The highest BCUT2D eigenvalue weighted by Gasteiger charge is 2.24. The predicted octanol–water partition coefficient (Wildman–Crippen LogP) is 2.54. The van der Waals surface area contributed by atoms with Crippen molar-refractivity contribution in [3.05, 3.63) is 59.8 Å². The van der Waals surface area contributed by atoms with Crippen LogP contribution in [0.15, 0.2) is 48.7 Å². The number of hydrogen-bond acceptors (Lipinski definition) is 8. The van der Waals surface area contributed by atoms with Crippen LogP contribution in [-0.4, -0.2) is 74.2 Å². The molecule has 5 rings (SSSR count). The molecular formula is C26H31N3O5. The summed E-state index contributed by atoms with van der Waals surface area (Å²) >= 11 is 0. The molecule has 180 valence electrons. The van der Waals surface area contributed by atoms with Crippen LogP contribution in [0, 0.1) is 0 Å². The number of methoxy groups -OCH3 is 1. The number of rotatable bonds is 8. The number of β-amino-alcohol motifs (C(OH)–C–C–N with tert-alkyl or cyclic N) is 1. The van der Waals surface area contributed by atoms with Crippen molar-refractivity contribution in [2.45, 2.75) is 18.8 Å². The van der Waals surface area contributed by atoms with Crippen LogP contribution in [-0.2, 0) is 11.3 Å². The van der Waals surface area contributed by atoms with E-state index in [1.54, 1.807) is 13.3 Å². The molecule has 0 saturated carbocycles. The highest BCUT2D eigenvalue weighted by atomic mass is 16.6. The first-order valence-electron chi connectivity index (χ1n) is 11.7. The topological polar surface area (TPSA) is 85.3 Å². The van der Waals surface area contributed by atoms with Gasteiger partial charge < -0.3 is 29.4 Å². The second-order valence-corrected chi connectivity index (χ2v) is 8.66. The number of fused-ring (bicyclic) bond motifs is 2. The van der Waals surface area contributed by atoms with Gasteiger partial charge in [-0.05, 0) is 47.5 Å². The van der Waals surface area contributed by atoms with E-state index in [2.05, 4.69) is 21.3 Å². The summed E-state index contributed by atoms with van der Waals surface area (Å²) in [6, 6.07) is 13.7. The Hall–Kier alpha value is -2.91. The third-order valence-corrected chi connectivity index (χ3v) is 6.30. The second-order valence-electron chi connectivity index (χ2n) is 8.66. The lowest BCUT2D eigenvalue weighted by Crippen LogP contribution is -2.47. The first-order valence-corrected chi connectivity index (χ1v) is 11.7. The van der Waals surface area contributed by atoms with Crippen molar-refractivity contribution in [3.8, 4) is 17.2 Å². The quantitative estimate of drug-likeness (QED) is 0.525. The lowest BCUT2D eigenvalue weighted by molar-refractivity contribution is -0.0394. The number of nitrogens with zero attached hydrogens (tertiary/aromatic N) is 2. The van der Waals surface area contributed by atoms with E-state index in [4.69, 9.17) is 18.9 Å². The Bertz CT molecular complexity index is 1120. The average molecular weight is 466 g/mol. The summed E-state index contributed by atoms with van der Waals surface area (Å²) in [6.45, 7) is 5.39. The maximum atomic E-state index is 11.1. The minimum atomic E-state index is -0.623. The molecule has 3 heterocycles. The van der Waals surface area contributed by atoms with E-state index in [0.717, 1.165) is 65.5 Å². The number of ether oxygens (including phenoxy) is 4. The molecule has 1 aromatic heterocycles. The number of aromatic nitrogens is 1. The van der Waals surface area contributed by atoms with Gasteiger partial charge in [-0.1, -0.05) is 6.07 Å². The highest BCUT2D eigenvalue weighted by molar-refractivity contribution is 5.83. The molecule has 3 aromatic rings. The number of benzene rings is 2. The number of pyridine rings is 1. The molecule has 1 saturated heterocycles. The van der Waals surface area contributed by atoms with Gasteiger partial charge in [-0.15, -0.1) is 0 Å². The van der Waals surface area contributed by atoms with Crippen LogP contribution in [0.3, 0.4) is 0 Å². The van der Waals surface area contributed by atoms with E-state index >= 15 is 0 Å². The second kappa shape index (κ2) is 10.6. The number of morpholine rings is 1. The standard InChI is InChI=1S/C26H31N3O5/c1-31-19-3-4-23-22(13-19)21(6-7-28-23)24(30)17-29-8-9-32-20(16-29)15-27-14-18-2-5-25-26(12-18)34-11-10-33-25/h2-7,12-13,20,24,27,30H,8-11,14-17H2,1H3. The molecule has 0 spiro atoms. The predicted molar refractivity (Wildman–Crippen MR) is 129 cm³/mol. The molecule has 0 bridgehead atoms. The number of aliphatic hydroxyl groups is 1. The summed E-state index contributed by atoms with van der Waals surface area (Å²) in [6.07, 6.45) is 1.19. The Balaban J connectivity index is 1.15. The smallest absolute Gasteiger partial charge is 0.161 e. The number of aliphatic hydroxyl groups excluding tert-OH is 1. The fourth-order valence-electron chi connectivity index (χ4n) is 4.55. The first kappa shape index (κ1) is 22.9. The van der Waals surface area contributed by atoms with Crippen LogP contribution in [0.2, 0.25) is 0 Å². The lowest BCUT2D eigenvalue weighted by Gasteiger charge is -2.34. The SMILES string of the molecule is COc1ccc2nccc(C(O)CN3CCOC(CNCc4ccc5c(c4)OCCO5)C3)c2c1. The summed E-state index contributed by atoms with van der Waals surface area (Å²) in [5, 5.41) is 15.5. The molecule has 2 N–H and O–H groups in total. The first-order chi connectivity index (χ1) is 16.7. The number of nitrogens with one attached hydrogen (secondary N) is 1. The molecule has 2 atom stereocenters. The van der Waals surface area contributed by atoms with Gasteiger partial charge in [0, 0.05) is 44.3 Å². The van der Waals surface area contributed by atoms with E-state index < -0.39 is 6.10 Å². The van der Waals surface area contributed by atoms with Crippen molar-refractivity contribution < 1.29 is 24.1 Å². The van der Waals surface area contributed by atoms with Crippen LogP contribution < -0.4 is 19.5 Å². The average Bonchev–Trinajstić information content (AvgIpc) is 2.88. The maximum Gasteiger partial charge on any atom is 0.161 e. The fraction of sp³-hybridized carbons (Fsp3) is 0.423. The molecule has 0 aliphatic carbocycles. The van der Waals surface area contributed by atoms with Gasteiger partial charge >= 0.3 is 0 Å². The van der Waals surface area contributed by atoms with Gasteiger partial charge in [-0.25, -0.2) is 0 Å².